The fourth-order valence-electron chi connectivity index (χ4n) is 0.768. The van der Waals surface area contributed by atoms with Crippen molar-refractivity contribution in [1.82, 2.24) is 0 Å². The molecular formula is C6H4NO2Rb. The number of benzene rings is 1. The summed E-state index contributed by atoms with van der Waals surface area (Å²) in [6.07, 6.45) is 0. The Kier molecular flexibility index (Phi) is 3.16. The molecule has 0 aromatic heterocycles. The van der Waals surface area contributed by atoms with E-state index in [1.54, 1.807) is 12.1 Å². The third-order valence-electron chi connectivity index (χ3n) is 1.31. The molecule has 1 rings (SSSR count). The average Bonchev–Trinajstić information content (AvgIpc) is 1.88. The van der Waals surface area contributed by atoms with Crippen molar-refractivity contribution in [2.45, 2.75) is 0 Å². The fraction of sp³-hybridized carbons (Fsp3) is 0. The zero-order chi connectivity index (χ0) is 7.56. The first kappa shape index (κ1) is 8.52. The zero-order valence-electron chi connectivity index (χ0n) is 5.57. The molecule has 0 N–H and O–H groups in total. The number of para-hydroxylation sites is 1. The van der Waals surface area contributed by atoms with E-state index >= 15 is 0 Å². The summed E-state index contributed by atoms with van der Waals surface area (Å²) in [4.78, 5) is 9.93. The molecule has 0 unspecified atom stereocenters. The van der Waals surface area contributed by atoms with E-state index in [0.717, 1.165) is -1.37 Å². The van der Waals surface area contributed by atoms with E-state index in [2.05, 4.69) is 0 Å². The van der Waals surface area contributed by atoms with Crippen LogP contribution in [0.15, 0.2) is 24.3 Å². The molecule has 46 valence electrons. The van der Waals surface area contributed by atoms with Crippen LogP contribution in [-0.2, 0) is 0 Å². The normalized spacial score (nSPS) is 9.40. The van der Waals surface area contributed by atoms with Gasteiger partial charge < -0.3 is 0 Å². The topological polar surface area (TPSA) is 43.1 Å². The number of hydrogen-bond donors (Lipinski definition) is 0. The van der Waals surface area contributed by atoms with Crippen LogP contribution >= 0.6 is 0 Å². The van der Waals surface area contributed by atoms with Gasteiger partial charge in [0.2, 0.25) is 0 Å². The summed E-state index contributed by atoms with van der Waals surface area (Å²) in [7, 11) is 0. The number of hydrogen-bond acceptors (Lipinski definition) is 2. The van der Waals surface area contributed by atoms with Crippen molar-refractivity contribution in [3.05, 3.63) is 34.4 Å². The molecule has 0 aliphatic carbocycles. The minimum absolute atomic E-state index is 0.225. The van der Waals surface area contributed by atoms with Crippen molar-refractivity contribution in [2.75, 3.05) is 0 Å². The Morgan fingerprint density at radius 1 is 1.40 bits per heavy atom. The van der Waals surface area contributed by atoms with Crippen LogP contribution in [0.2, 0.25) is 0 Å². The van der Waals surface area contributed by atoms with E-state index in [9.17, 15) is 10.1 Å². The molecule has 4 heteroatoms. The second kappa shape index (κ2) is 3.71. The number of rotatable bonds is 1. The first-order chi connectivity index (χ1) is 4.72. The van der Waals surface area contributed by atoms with Crippen molar-refractivity contribution in [2.24, 2.45) is 0 Å². The van der Waals surface area contributed by atoms with Gasteiger partial charge >= 0.3 is 99.2 Å². The Morgan fingerprint density at radius 3 is 2.40 bits per heavy atom. The van der Waals surface area contributed by atoms with Gasteiger partial charge in [0, 0.05) is 0 Å². The van der Waals surface area contributed by atoms with E-state index in [-0.39, 0.29) is 66.1 Å². The second-order valence-corrected chi connectivity index (χ2v) is 4.69. The maximum absolute atomic E-state index is 10.3. The third-order valence-corrected chi connectivity index (χ3v) is 3.39. The van der Waals surface area contributed by atoms with Crippen LogP contribution in [0.4, 0.5) is 5.69 Å². The molecule has 0 atom stereocenters. The fourth-order valence-corrected chi connectivity index (χ4v) is 2.10. The molecule has 0 aliphatic rings. The van der Waals surface area contributed by atoms with E-state index < -0.39 is 0 Å². The van der Waals surface area contributed by atoms with Crippen LogP contribution in [0, 0.1) is 10.1 Å². The summed E-state index contributed by atoms with van der Waals surface area (Å²) in [5, 5.41) is 10.3. The zero-order valence-corrected chi connectivity index (χ0v) is 10.5. The molecule has 3 nitrogen and oxygen atoms in total. The molecule has 1 aromatic carbocycles. The number of nitro benzene ring substituents is 1. The molecule has 0 amide bonds. The molecule has 0 aliphatic heterocycles. The SMILES string of the molecule is O=[N+]([O-])c1cccc[c]1[Rb]. The summed E-state index contributed by atoms with van der Waals surface area (Å²) in [5.74, 6) is 0. The van der Waals surface area contributed by atoms with Gasteiger partial charge in [-0.3, -0.25) is 0 Å². The van der Waals surface area contributed by atoms with Crippen molar-refractivity contribution < 1.29 is 4.92 Å². The van der Waals surface area contributed by atoms with Crippen LogP contribution in [0.25, 0.3) is 0 Å². The summed E-state index contributed by atoms with van der Waals surface area (Å²) >= 11 is 0.225. The Bertz CT molecular complexity index is 262. The van der Waals surface area contributed by atoms with E-state index in [1.165, 1.54) is 0 Å². The van der Waals surface area contributed by atoms with Gasteiger partial charge in [0.05, 0.1) is 0 Å². The van der Waals surface area contributed by atoms with E-state index in [0.29, 0.717) is 0 Å². The first-order valence-corrected chi connectivity index (χ1v) is 5.37. The molecule has 0 saturated heterocycles. The molecule has 0 radical (unpaired) electrons. The van der Waals surface area contributed by atoms with Crippen molar-refractivity contribution in [3.63, 3.8) is 0 Å². The Morgan fingerprint density at radius 2 is 2.00 bits per heavy atom. The average molecular weight is 208 g/mol. The van der Waals surface area contributed by atoms with Crippen molar-refractivity contribution in [3.8, 4) is 0 Å². The van der Waals surface area contributed by atoms with Crippen LogP contribution < -0.4 is -1.37 Å². The molecule has 0 heterocycles. The van der Waals surface area contributed by atoms with E-state index in [4.69, 9.17) is 0 Å². The van der Waals surface area contributed by atoms with Crippen LogP contribution in [0.3, 0.4) is 0 Å². The molecule has 0 spiro atoms. The van der Waals surface area contributed by atoms with Crippen LogP contribution in [0.5, 0.6) is 0 Å². The van der Waals surface area contributed by atoms with Crippen molar-refractivity contribution in [1.29, 1.82) is 0 Å². The predicted octanol–water partition coefficient (Wildman–Crippen LogP) is 0.389. The maximum atomic E-state index is 10.3. The Labute approximate surface area is 97.3 Å². The van der Waals surface area contributed by atoms with Gasteiger partial charge in [0.1, 0.15) is 0 Å². The Balaban J connectivity index is 3.15. The predicted molar refractivity (Wildman–Crippen MR) is 38.5 cm³/mol. The van der Waals surface area contributed by atoms with Gasteiger partial charge in [-0.05, 0) is 0 Å². The first-order valence-electron chi connectivity index (χ1n) is 2.92. The molecule has 0 bridgehead atoms. The molecule has 0 saturated carbocycles. The van der Waals surface area contributed by atoms with Gasteiger partial charge in [-0.2, -0.15) is 0 Å². The van der Waals surface area contributed by atoms with Gasteiger partial charge in [-0.1, -0.05) is 0 Å². The summed E-state index contributed by atoms with van der Waals surface area (Å²) in [6, 6.07) is 6.89. The minimum atomic E-state index is -0.327. The van der Waals surface area contributed by atoms with Gasteiger partial charge in [0.15, 0.2) is 0 Å². The quantitative estimate of drug-likeness (QED) is 0.494. The van der Waals surface area contributed by atoms with E-state index in [1.807, 2.05) is 12.1 Å². The number of nitro groups is 1. The monoisotopic (exact) mass is 207 g/mol. The molecule has 0 fully saturated rings. The van der Waals surface area contributed by atoms with Gasteiger partial charge in [-0.25, -0.2) is 0 Å². The van der Waals surface area contributed by atoms with Gasteiger partial charge in [0.25, 0.3) is 0 Å². The standard InChI is InChI=1S/C6H4NO2.Rb/c8-7(9)6-4-2-1-3-5-6;/h1-4H;. The third kappa shape index (κ3) is 1.95. The molecular weight excluding hydrogens is 204 g/mol. The van der Waals surface area contributed by atoms with Crippen LogP contribution in [-0.4, -0.2) is 60.5 Å². The number of nitrogens with zero attached hydrogens (tertiary/aromatic N) is 1. The summed E-state index contributed by atoms with van der Waals surface area (Å²) in [5.41, 5.74) is 0.276. The summed E-state index contributed by atoms with van der Waals surface area (Å²) in [6.45, 7) is 0. The second-order valence-electron chi connectivity index (χ2n) is 2.04. The van der Waals surface area contributed by atoms with Crippen LogP contribution in [0.1, 0.15) is 0 Å². The molecule has 10 heavy (non-hydrogen) atoms. The Hall–Kier alpha value is 0.425. The van der Waals surface area contributed by atoms with Gasteiger partial charge in [-0.15, -0.1) is 0 Å². The van der Waals surface area contributed by atoms with Crippen molar-refractivity contribution >= 4 is 59.9 Å². The molecule has 1 aromatic rings. The summed E-state index contributed by atoms with van der Waals surface area (Å²) < 4.78 is 0.911.